The Morgan fingerprint density at radius 2 is 2.06 bits per heavy atom. The Balaban J connectivity index is 2.29. The van der Waals surface area contributed by atoms with Crippen LogP contribution >= 0.6 is 11.6 Å². The van der Waals surface area contributed by atoms with Crippen LogP contribution in [-0.2, 0) is 4.74 Å². The maximum absolute atomic E-state index is 5.91. The van der Waals surface area contributed by atoms with E-state index in [-0.39, 0.29) is 11.5 Å². The predicted octanol–water partition coefficient (Wildman–Crippen LogP) is 3.50. The highest BCUT2D eigenvalue weighted by Crippen LogP contribution is 2.25. The average molecular weight is 267 g/mol. The molecule has 0 amide bonds. The van der Waals surface area contributed by atoms with E-state index in [4.69, 9.17) is 20.9 Å². The normalized spacial score (nSPS) is 14.4. The van der Waals surface area contributed by atoms with Crippen molar-refractivity contribution in [2.75, 3.05) is 6.61 Å². The van der Waals surface area contributed by atoms with Crippen LogP contribution in [0.1, 0.15) is 42.6 Å². The van der Waals surface area contributed by atoms with Crippen LogP contribution in [0.15, 0.2) is 34.9 Å². The van der Waals surface area contributed by atoms with Crippen molar-refractivity contribution in [3.8, 4) is 0 Å². The van der Waals surface area contributed by atoms with E-state index in [0.29, 0.717) is 18.3 Å². The molecule has 0 fully saturated rings. The highest BCUT2D eigenvalue weighted by Gasteiger charge is 2.21. The number of benzene rings is 1. The topological polar surface area (TPSA) is 48.2 Å². The Morgan fingerprint density at radius 3 is 2.61 bits per heavy atom. The first-order valence-electron chi connectivity index (χ1n) is 5.86. The molecule has 0 spiro atoms. The minimum absolute atomic E-state index is 0.302. The lowest BCUT2D eigenvalue weighted by Crippen LogP contribution is -2.08. The number of halogens is 1. The smallest absolute Gasteiger partial charge is 0.244 e. The van der Waals surface area contributed by atoms with Gasteiger partial charge in [0.2, 0.25) is 11.7 Å². The molecule has 2 unspecified atom stereocenters. The average Bonchev–Trinajstić information content (AvgIpc) is 2.86. The van der Waals surface area contributed by atoms with Gasteiger partial charge in [-0.2, -0.15) is 4.98 Å². The number of rotatable bonds is 5. The summed E-state index contributed by atoms with van der Waals surface area (Å²) in [5, 5.41) is 3.64. The molecule has 18 heavy (non-hydrogen) atoms. The summed E-state index contributed by atoms with van der Waals surface area (Å²) in [7, 11) is 0. The molecule has 1 heterocycles. The van der Waals surface area contributed by atoms with Crippen molar-refractivity contribution in [1.29, 1.82) is 0 Å². The predicted molar refractivity (Wildman–Crippen MR) is 68.5 cm³/mol. The van der Waals surface area contributed by atoms with E-state index in [0.717, 1.165) is 5.56 Å². The van der Waals surface area contributed by atoms with Crippen LogP contribution in [0.3, 0.4) is 0 Å². The maximum atomic E-state index is 5.91. The fourth-order valence-corrected chi connectivity index (χ4v) is 1.72. The second kappa shape index (κ2) is 5.98. The van der Waals surface area contributed by atoms with Gasteiger partial charge in [0.1, 0.15) is 11.5 Å². The van der Waals surface area contributed by atoms with Gasteiger partial charge in [0.05, 0.1) is 0 Å². The highest BCUT2D eigenvalue weighted by molar-refractivity contribution is 6.20. The second-order valence-electron chi connectivity index (χ2n) is 3.85. The third-order valence-electron chi connectivity index (χ3n) is 2.47. The first-order valence-corrected chi connectivity index (χ1v) is 6.30. The lowest BCUT2D eigenvalue weighted by molar-refractivity contribution is 0.0833. The first kappa shape index (κ1) is 13.1. The standard InChI is InChI=1S/C13H15ClN2O2/c1-3-17-11(10-7-5-4-6-8-10)12-15-13(9(2)14)18-16-12/h4-9,11H,3H2,1-2H3. The molecule has 0 radical (unpaired) electrons. The van der Waals surface area contributed by atoms with Crippen LogP contribution in [-0.4, -0.2) is 16.7 Å². The van der Waals surface area contributed by atoms with Gasteiger partial charge in [-0.05, 0) is 19.4 Å². The molecule has 0 aliphatic rings. The molecule has 2 atom stereocenters. The van der Waals surface area contributed by atoms with Crippen molar-refractivity contribution in [2.45, 2.75) is 25.3 Å². The largest absolute Gasteiger partial charge is 0.366 e. The number of ether oxygens (including phenoxy) is 1. The molecule has 96 valence electrons. The molecule has 2 aromatic rings. The third-order valence-corrected chi connectivity index (χ3v) is 2.65. The fourth-order valence-electron chi connectivity index (χ4n) is 1.63. The molecule has 0 aliphatic heterocycles. The Bertz CT molecular complexity index is 485. The highest BCUT2D eigenvalue weighted by atomic mass is 35.5. The zero-order chi connectivity index (χ0) is 13.0. The van der Waals surface area contributed by atoms with Gasteiger partial charge in [0.25, 0.3) is 0 Å². The van der Waals surface area contributed by atoms with Crippen molar-refractivity contribution >= 4 is 11.6 Å². The molecule has 4 nitrogen and oxygen atoms in total. The van der Waals surface area contributed by atoms with Gasteiger partial charge in [0.15, 0.2) is 0 Å². The molecule has 2 rings (SSSR count). The van der Waals surface area contributed by atoms with Crippen LogP contribution in [0.5, 0.6) is 0 Å². The summed E-state index contributed by atoms with van der Waals surface area (Å²) < 4.78 is 10.8. The zero-order valence-corrected chi connectivity index (χ0v) is 11.1. The van der Waals surface area contributed by atoms with Gasteiger partial charge in [-0.3, -0.25) is 0 Å². The second-order valence-corrected chi connectivity index (χ2v) is 4.51. The van der Waals surface area contributed by atoms with E-state index in [1.54, 1.807) is 6.92 Å². The van der Waals surface area contributed by atoms with E-state index >= 15 is 0 Å². The number of aromatic nitrogens is 2. The van der Waals surface area contributed by atoms with E-state index in [9.17, 15) is 0 Å². The monoisotopic (exact) mass is 266 g/mol. The van der Waals surface area contributed by atoms with Gasteiger partial charge in [-0.1, -0.05) is 35.5 Å². The summed E-state index contributed by atoms with van der Waals surface area (Å²) in [6.07, 6.45) is -0.316. The summed E-state index contributed by atoms with van der Waals surface area (Å²) in [5.74, 6) is 0.915. The molecule has 0 bridgehead atoms. The number of hydrogen-bond acceptors (Lipinski definition) is 4. The molecule has 0 saturated heterocycles. The van der Waals surface area contributed by atoms with Gasteiger partial charge in [-0.15, -0.1) is 11.6 Å². The third kappa shape index (κ3) is 2.89. The van der Waals surface area contributed by atoms with Crippen molar-refractivity contribution in [1.82, 2.24) is 10.1 Å². The minimum Gasteiger partial charge on any atom is -0.366 e. The Kier molecular flexibility index (Phi) is 4.33. The number of hydrogen-bond donors (Lipinski definition) is 0. The van der Waals surface area contributed by atoms with E-state index in [1.165, 1.54) is 0 Å². The van der Waals surface area contributed by atoms with Gasteiger partial charge in [-0.25, -0.2) is 0 Å². The summed E-state index contributed by atoms with van der Waals surface area (Å²) in [6, 6.07) is 9.80. The van der Waals surface area contributed by atoms with Crippen molar-refractivity contribution < 1.29 is 9.26 Å². The molecule has 0 aliphatic carbocycles. The Morgan fingerprint density at radius 1 is 1.33 bits per heavy atom. The number of alkyl halides is 1. The van der Waals surface area contributed by atoms with E-state index in [1.807, 2.05) is 37.3 Å². The lowest BCUT2D eigenvalue weighted by atomic mass is 10.1. The van der Waals surface area contributed by atoms with Crippen molar-refractivity contribution in [3.63, 3.8) is 0 Å². The summed E-state index contributed by atoms with van der Waals surface area (Å²) in [6.45, 7) is 4.29. The summed E-state index contributed by atoms with van der Waals surface area (Å²) in [5.41, 5.74) is 0.994. The molecule has 1 aromatic carbocycles. The summed E-state index contributed by atoms with van der Waals surface area (Å²) >= 11 is 5.91. The van der Waals surface area contributed by atoms with E-state index < -0.39 is 0 Å². The molecule has 0 N–H and O–H groups in total. The van der Waals surface area contributed by atoms with Crippen molar-refractivity contribution in [3.05, 3.63) is 47.6 Å². The molecular formula is C13H15ClN2O2. The molecular weight excluding hydrogens is 252 g/mol. The fraction of sp³-hybridized carbons (Fsp3) is 0.385. The van der Waals surface area contributed by atoms with Gasteiger partial charge >= 0.3 is 0 Å². The molecule has 5 heteroatoms. The van der Waals surface area contributed by atoms with Crippen LogP contribution in [0.2, 0.25) is 0 Å². The van der Waals surface area contributed by atoms with Crippen LogP contribution in [0.25, 0.3) is 0 Å². The Hall–Kier alpha value is -1.39. The van der Waals surface area contributed by atoms with Crippen LogP contribution in [0.4, 0.5) is 0 Å². The molecule has 1 aromatic heterocycles. The van der Waals surface area contributed by atoms with Crippen LogP contribution < -0.4 is 0 Å². The summed E-state index contributed by atoms with van der Waals surface area (Å²) in [4.78, 5) is 4.27. The quantitative estimate of drug-likeness (QED) is 0.777. The Labute approximate surface area is 111 Å². The van der Waals surface area contributed by atoms with Crippen molar-refractivity contribution in [2.24, 2.45) is 0 Å². The number of nitrogens with zero attached hydrogens (tertiary/aromatic N) is 2. The van der Waals surface area contributed by atoms with Gasteiger partial charge in [0, 0.05) is 6.61 Å². The first-order chi connectivity index (χ1) is 8.72. The lowest BCUT2D eigenvalue weighted by Gasteiger charge is -2.13. The zero-order valence-electron chi connectivity index (χ0n) is 10.3. The molecule has 0 saturated carbocycles. The van der Waals surface area contributed by atoms with Crippen LogP contribution in [0, 0.1) is 0 Å². The van der Waals surface area contributed by atoms with E-state index in [2.05, 4.69) is 10.1 Å². The SMILES string of the molecule is CCOC(c1ccccc1)c1noc(C(C)Cl)n1. The minimum atomic E-state index is -0.316. The van der Waals surface area contributed by atoms with Gasteiger partial charge < -0.3 is 9.26 Å². The maximum Gasteiger partial charge on any atom is 0.244 e.